The van der Waals surface area contributed by atoms with Gasteiger partial charge in [-0.05, 0) is 32.4 Å². The van der Waals surface area contributed by atoms with E-state index in [1.807, 2.05) is 43.6 Å². The van der Waals surface area contributed by atoms with Crippen molar-refractivity contribution >= 4 is 28.9 Å². The molecule has 2 amide bonds. The molecule has 1 rings (SSSR count). The maximum absolute atomic E-state index is 11.7. The Labute approximate surface area is 118 Å². The van der Waals surface area contributed by atoms with Gasteiger partial charge in [-0.25, -0.2) is 4.79 Å². The number of hydroxylamine groups is 1. The van der Waals surface area contributed by atoms with Gasteiger partial charge in [0.05, 0.1) is 0 Å². The van der Waals surface area contributed by atoms with Gasteiger partial charge in [0.1, 0.15) is 4.99 Å². The molecule has 0 saturated heterocycles. The first kappa shape index (κ1) is 15.4. The summed E-state index contributed by atoms with van der Waals surface area (Å²) in [6.45, 7) is 3.87. The van der Waals surface area contributed by atoms with E-state index >= 15 is 0 Å². The highest BCUT2D eigenvalue weighted by Crippen LogP contribution is 2.08. The average molecular weight is 281 g/mol. The Morgan fingerprint density at radius 2 is 2.00 bits per heavy atom. The minimum Gasteiger partial charge on any atom is -0.335 e. The summed E-state index contributed by atoms with van der Waals surface area (Å²) < 4.78 is 0. The molecule has 6 heteroatoms. The van der Waals surface area contributed by atoms with Crippen LogP contribution >= 0.6 is 12.2 Å². The van der Waals surface area contributed by atoms with E-state index in [1.165, 1.54) is 0 Å². The first-order valence-electron chi connectivity index (χ1n) is 6.08. The highest BCUT2D eigenvalue weighted by atomic mass is 32.1. The molecule has 104 valence electrons. The molecular weight excluding hydrogens is 262 g/mol. The first-order valence-corrected chi connectivity index (χ1v) is 6.49. The van der Waals surface area contributed by atoms with E-state index in [9.17, 15) is 4.79 Å². The number of hydrogen-bond acceptors (Lipinski definition) is 3. The zero-order valence-corrected chi connectivity index (χ0v) is 11.9. The molecule has 0 fully saturated rings. The first-order chi connectivity index (χ1) is 9.01. The van der Waals surface area contributed by atoms with Gasteiger partial charge in [-0.15, -0.1) is 0 Å². The van der Waals surface area contributed by atoms with Gasteiger partial charge in [0.15, 0.2) is 0 Å². The molecule has 5 nitrogen and oxygen atoms in total. The van der Waals surface area contributed by atoms with Crippen molar-refractivity contribution in [3.63, 3.8) is 0 Å². The second-order valence-corrected chi connectivity index (χ2v) is 4.93. The molecule has 0 aliphatic rings. The SMILES string of the molecule is Cc1ccc(NC(=O)NC(C)CCC(=S)NO)cc1. The number of anilines is 1. The van der Waals surface area contributed by atoms with Gasteiger partial charge < -0.3 is 10.6 Å². The minimum absolute atomic E-state index is 0.0308. The summed E-state index contributed by atoms with van der Waals surface area (Å²) in [6, 6.07) is 7.29. The summed E-state index contributed by atoms with van der Waals surface area (Å²) in [5.41, 5.74) is 3.82. The van der Waals surface area contributed by atoms with Crippen LogP contribution in [0.2, 0.25) is 0 Å². The van der Waals surface area contributed by atoms with Gasteiger partial charge in [-0.1, -0.05) is 29.9 Å². The zero-order valence-electron chi connectivity index (χ0n) is 11.1. The van der Waals surface area contributed by atoms with Gasteiger partial charge in [0, 0.05) is 18.2 Å². The number of aryl methyl sites for hydroxylation is 1. The van der Waals surface area contributed by atoms with Crippen molar-refractivity contribution in [2.45, 2.75) is 32.7 Å². The van der Waals surface area contributed by atoms with Crippen molar-refractivity contribution in [1.82, 2.24) is 10.8 Å². The number of rotatable bonds is 5. The van der Waals surface area contributed by atoms with Crippen LogP contribution in [0.5, 0.6) is 0 Å². The Bertz CT molecular complexity index is 434. The quantitative estimate of drug-likeness (QED) is 0.494. The van der Waals surface area contributed by atoms with Crippen LogP contribution in [-0.4, -0.2) is 22.3 Å². The van der Waals surface area contributed by atoms with Crippen LogP contribution < -0.4 is 16.1 Å². The molecule has 1 aromatic carbocycles. The lowest BCUT2D eigenvalue weighted by molar-refractivity contribution is 0.234. The Balaban J connectivity index is 2.34. The predicted molar refractivity (Wildman–Crippen MR) is 79.5 cm³/mol. The maximum atomic E-state index is 11.7. The van der Waals surface area contributed by atoms with E-state index in [0.717, 1.165) is 11.3 Å². The van der Waals surface area contributed by atoms with Gasteiger partial charge in [-0.2, -0.15) is 0 Å². The summed E-state index contributed by atoms with van der Waals surface area (Å²) in [6.07, 6.45) is 1.19. The van der Waals surface area contributed by atoms with E-state index in [4.69, 9.17) is 17.4 Å². The number of amides is 2. The molecule has 0 radical (unpaired) electrons. The smallest absolute Gasteiger partial charge is 0.319 e. The third-order valence-electron chi connectivity index (χ3n) is 2.62. The van der Waals surface area contributed by atoms with E-state index < -0.39 is 0 Å². The van der Waals surface area contributed by atoms with E-state index in [0.29, 0.717) is 17.8 Å². The molecule has 1 atom stereocenters. The molecule has 0 heterocycles. The molecule has 19 heavy (non-hydrogen) atoms. The van der Waals surface area contributed by atoms with Crippen LogP contribution in [0.1, 0.15) is 25.3 Å². The molecule has 0 aliphatic carbocycles. The second kappa shape index (κ2) is 7.70. The second-order valence-electron chi connectivity index (χ2n) is 4.44. The van der Waals surface area contributed by atoms with Crippen molar-refractivity contribution in [3.05, 3.63) is 29.8 Å². The van der Waals surface area contributed by atoms with Crippen molar-refractivity contribution < 1.29 is 10.0 Å². The summed E-state index contributed by atoms with van der Waals surface area (Å²) in [5, 5.41) is 14.1. The van der Waals surface area contributed by atoms with E-state index in [-0.39, 0.29) is 12.1 Å². The maximum Gasteiger partial charge on any atom is 0.319 e. The standard InChI is InChI=1S/C13H19N3O2S/c1-9-3-6-11(7-4-9)15-13(17)14-10(2)5-8-12(19)16-18/h3-4,6-7,10,18H,5,8H2,1-2H3,(H,16,19)(H2,14,15,17). The molecule has 0 spiro atoms. The number of nitrogens with one attached hydrogen (secondary N) is 3. The van der Waals surface area contributed by atoms with E-state index in [1.54, 1.807) is 0 Å². The molecular formula is C13H19N3O2S. The summed E-state index contributed by atoms with van der Waals surface area (Å²) >= 11 is 4.81. The number of benzene rings is 1. The lowest BCUT2D eigenvalue weighted by Crippen LogP contribution is -2.36. The number of carbonyl (C=O) groups excluding carboxylic acids is 1. The van der Waals surface area contributed by atoms with Gasteiger partial charge in [-0.3, -0.25) is 10.7 Å². The molecule has 0 saturated carbocycles. The van der Waals surface area contributed by atoms with Crippen molar-refractivity contribution in [2.24, 2.45) is 0 Å². The molecule has 1 aromatic rings. The van der Waals surface area contributed by atoms with Crippen molar-refractivity contribution in [1.29, 1.82) is 0 Å². The largest absolute Gasteiger partial charge is 0.335 e. The highest BCUT2D eigenvalue weighted by molar-refractivity contribution is 7.80. The summed E-state index contributed by atoms with van der Waals surface area (Å²) in [7, 11) is 0. The van der Waals surface area contributed by atoms with E-state index in [2.05, 4.69) is 10.6 Å². The highest BCUT2D eigenvalue weighted by Gasteiger charge is 2.08. The lowest BCUT2D eigenvalue weighted by atomic mass is 10.2. The number of urea groups is 1. The minimum atomic E-state index is -0.251. The predicted octanol–water partition coefficient (Wildman–Crippen LogP) is 2.59. The fourth-order valence-corrected chi connectivity index (χ4v) is 1.62. The van der Waals surface area contributed by atoms with Crippen LogP contribution in [0.3, 0.4) is 0 Å². The van der Waals surface area contributed by atoms with Crippen LogP contribution in [0, 0.1) is 6.92 Å². The topological polar surface area (TPSA) is 73.4 Å². The van der Waals surface area contributed by atoms with Crippen molar-refractivity contribution in [2.75, 3.05) is 5.32 Å². The third-order valence-corrected chi connectivity index (χ3v) is 2.91. The Morgan fingerprint density at radius 1 is 1.37 bits per heavy atom. The fraction of sp³-hybridized carbons (Fsp3) is 0.385. The molecule has 0 aromatic heterocycles. The van der Waals surface area contributed by atoms with Crippen LogP contribution in [0.25, 0.3) is 0 Å². The Kier molecular flexibility index (Phi) is 6.24. The number of hydrogen-bond donors (Lipinski definition) is 4. The van der Waals surface area contributed by atoms with Crippen molar-refractivity contribution in [3.8, 4) is 0 Å². The summed E-state index contributed by atoms with van der Waals surface area (Å²) in [5.74, 6) is 0. The monoisotopic (exact) mass is 281 g/mol. The molecule has 0 bridgehead atoms. The molecule has 1 unspecified atom stereocenters. The van der Waals surface area contributed by atoms with Crippen LogP contribution in [0.15, 0.2) is 24.3 Å². The Hall–Kier alpha value is -1.66. The van der Waals surface area contributed by atoms with Crippen LogP contribution in [-0.2, 0) is 0 Å². The van der Waals surface area contributed by atoms with Gasteiger partial charge >= 0.3 is 6.03 Å². The average Bonchev–Trinajstić information content (AvgIpc) is 2.38. The molecule has 4 N–H and O–H groups in total. The third kappa shape index (κ3) is 6.17. The number of carbonyl (C=O) groups is 1. The summed E-state index contributed by atoms with van der Waals surface area (Å²) in [4.78, 5) is 12.1. The lowest BCUT2D eigenvalue weighted by Gasteiger charge is -2.14. The van der Waals surface area contributed by atoms with Gasteiger partial charge in [0.2, 0.25) is 0 Å². The normalized spacial score (nSPS) is 11.5. The van der Waals surface area contributed by atoms with Gasteiger partial charge in [0.25, 0.3) is 0 Å². The fourth-order valence-electron chi connectivity index (χ4n) is 1.50. The van der Waals surface area contributed by atoms with Crippen LogP contribution in [0.4, 0.5) is 10.5 Å². The zero-order chi connectivity index (χ0) is 14.3. The number of thiocarbonyl (C=S) groups is 1. The molecule has 0 aliphatic heterocycles. The Morgan fingerprint density at radius 3 is 2.58 bits per heavy atom.